The van der Waals surface area contributed by atoms with Gasteiger partial charge in [0, 0.05) is 0 Å². The van der Waals surface area contributed by atoms with Crippen LogP contribution in [0.4, 0.5) is 0 Å². The van der Waals surface area contributed by atoms with E-state index in [9.17, 15) is 4.79 Å². The molecule has 2 aliphatic heterocycles. The Hall–Kier alpha value is -1.01. The molecule has 2 aliphatic rings. The minimum Gasteiger partial charge on any atom is -0.373 e. The largest absolute Gasteiger partial charge is 0.373 e. The number of carbonyl (C=O) groups excluding carboxylic acids is 1. The third-order valence-corrected chi connectivity index (χ3v) is 2.55. The normalized spacial score (nSPS) is 37.8. The van der Waals surface area contributed by atoms with Gasteiger partial charge in [0.05, 0.1) is 18.2 Å². The van der Waals surface area contributed by atoms with E-state index in [1.54, 1.807) is 0 Å². The molecule has 0 aromatic rings. The van der Waals surface area contributed by atoms with Crippen molar-refractivity contribution in [2.24, 2.45) is 0 Å². The monoisotopic (exact) mass is 165 g/mol. The molecule has 0 spiro atoms. The number of rotatable bonds is 1. The summed E-state index contributed by atoms with van der Waals surface area (Å²) in [5.74, 6) is 1.72. The van der Waals surface area contributed by atoms with E-state index in [1.807, 2.05) is 5.92 Å². The van der Waals surface area contributed by atoms with E-state index >= 15 is 0 Å². The van der Waals surface area contributed by atoms with Crippen LogP contribution in [-0.2, 0) is 9.53 Å². The Morgan fingerprint density at radius 1 is 1.58 bits per heavy atom. The van der Waals surface area contributed by atoms with Crippen molar-refractivity contribution in [1.29, 1.82) is 0 Å². The summed E-state index contributed by atoms with van der Waals surface area (Å²) in [6.45, 7) is 0. The third kappa shape index (κ3) is 1.19. The summed E-state index contributed by atoms with van der Waals surface area (Å²) < 4.78 is 5.55. The topological polar surface area (TPSA) is 38.3 Å². The second-order valence-corrected chi connectivity index (χ2v) is 3.33. The highest BCUT2D eigenvalue weighted by Gasteiger charge is 2.41. The first-order valence-corrected chi connectivity index (χ1v) is 4.22. The molecular weight excluding hydrogens is 154 g/mol. The van der Waals surface area contributed by atoms with Gasteiger partial charge in [0.2, 0.25) is 0 Å². The molecule has 12 heavy (non-hydrogen) atoms. The number of carbonyl (C=O) groups is 1. The van der Waals surface area contributed by atoms with Crippen LogP contribution in [-0.4, -0.2) is 24.2 Å². The quantitative estimate of drug-likeness (QED) is 0.558. The first kappa shape index (κ1) is 7.63. The van der Waals surface area contributed by atoms with Crippen LogP contribution in [0.25, 0.3) is 0 Å². The van der Waals surface area contributed by atoms with Crippen molar-refractivity contribution < 1.29 is 9.53 Å². The molecule has 0 aromatic heterocycles. The zero-order valence-electron chi connectivity index (χ0n) is 6.75. The van der Waals surface area contributed by atoms with E-state index in [0.29, 0.717) is 6.10 Å². The van der Waals surface area contributed by atoms with Crippen LogP contribution in [0, 0.1) is 12.3 Å². The van der Waals surface area contributed by atoms with Gasteiger partial charge in [-0.3, -0.25) is 4.79 Å². The van der Waals surface area contributed by atoms with Crippen molar-refractivity contribution in [3.63, 3.8) is 0 Å². The van der Waals surface area contributed by atoms with Gasteiger partial charge in [-0.05, 0) is 25.2 Å². The Labute approximate surface area is 71.5 Å². The Morgan fingerprint density at radius 2 is 2.42 bits per heavy atom. The molecule has 0 radical (unpaired) electrons. The van der Waals surface area contributed by atoms with Crippen molar-refractivity contribution in [1.82, 2.24) is 5.32 Å². The highest BCUT2D eigenvalue weighted by atomic mass is 16.5. The van der Waals surface area contributed by atoms with E-state index < -0.39 is 0 Å². The smallest absolute Gasteiger partial charge is 0.295 e. The van der Waals surface area contributed by atoms with Crippen LogP contribution in [0.5, 0.6) is 0 Å². The standard InChI is InChI=1S/C9H11NO2/c1-2-9(11)10-7-5-6-3-4-8(7)12-6/h1,6-8H,3-5H2,(H,10,11)/t6-,7-,8+/m1/s1. The lowest BCUT2D eigenvalue weighted by Gasteiger charge is -2.18. The van der Waals surface area contributed by atoms with Gasteiger partial charge >= 0.3 is 0 Å². The van der Waals surface area contributed by atoms with Crippen molar-refractivity contribution >= 4 is 5.91 Å². The van der Waals surface area contributed by atoms with Gasteiger partial charge in [-0.2, -0.15) is 0 Å². The summed E-state index contributed by atoms with van der Waals surface area (Å²) in [6.07, 6.45) is 8.64. The first-order chi connectivity index (χ1) is 5.79. The predicted molar refractivity (Wildman–Crippen MR) is 43.3 cm³/mol. The van der Waals surface area contributed by atoms with E-state index in [1.165, 1.54) is 0 Å². The van der Waals surface area contributed by atoms with Gasteiger partial charge in [0.25, 0.3) is 5.91 Å². The van der Waals surface area contributed by atoms with Crippen molar-refractivity contribution in [2.45, 2.75) is 37.5 Å². The lowest BCUT2D eigenvalue weighted by molar-refractivity contribution is -0.116. The van der Waals surface area contributed by atoms with Crippen molar-refractivity contribution in [3.8, 4) is 12.3 Å². The molecule has 0 aromatic carbocycles. The maximum absolute atomic E-state index is 10.8. The highest BCUT2D eigenvalue weighted by Crippen LogP contribution is 2.34. The van der Waals surface area contributed by atoms with E-state index in [0.717, 1.165) is 19.3 Å². The SMILES string of the molecule is C#CC(=O)N[C@@H]1C[C@H]2CC[C@@H]1O2. The Bertz CT molecular complexity index is 243. The maximum atomic E-state index is 10.8. The minimum atomic E-state index is -0.323. The van der Waals surface area contributed by atoms with Gasteiger partial charge in [-0.15, -0.1) is 6.42 Å². The molecule has 1 N–H and O–H groups in total. The second kappa shape index (κ2) is 2.80. The molecule has 2 fully saturated rings. The van der Waals surface area contributed by atoms with Crippen LogP contribution in [0.1, 0.15) is 19.3 Å². The molecule has 3 atom stereocenters. The number of fused-ring (bicyclic) bond motifs is 2. The number of hydrogen-bond donors (Lipinski definition) is 1. The molecule has 0 saturated carbocycles. The fourth-order valence-electron chi connectivity index (χ4n) is 2.00. The van der Waals surface area contributed by atoms with Crippen LogP contribution in [0.2, 0.25) is 0 Å². The third-order valence-electron chi connectivity index (χ3n) is 2.55. The summed E-state index contributed by atoms with van der Waals surface area (Å²) in [4.78, 5) is 10.8. The average Bonchev–Trinajstić information content (AvgIpc) is 2.64. The molecule has 2 rings (SSSR count). The molecule has 0 unspecified atom stereocenters. The number of ether oxygens (including phenoxy) is 1. The van der Waals surface area contributed by atoms with E-state index in [4.69, 9.17) is 11.2 Å². The molecule has 2 bridgehead atoms. The molecule has 2 heterocycles. The fraction of sp³-hybridized carbons (Fsp3) is 0.667. The molecule has 64 valence electrons. The van der Waals surface area contributed by atoms with Crippen molar-refractivity contribution in [2.75, 3.05) is 0 Å². The van der Waals surface area contributed by atoms with Gasteiger partial charge < -0.3 is 10.1 Å². The summed E-state index contributed by atoms with van der Waals surface area (Å²) in [6, 6.07) is 0.160. The van der Waals surface area contributed by atoms with Gasteiger partial charge in [-0.25, -0.2) is 0 Å². The van der Waals surface area contributed by atoms with E-state index in [-0.39, 0.29) is 18.1 Å². The summed E-state index contributed by atoms with van der Waals surface area (Å²) >= 11 is 0. The second-order valence-electron chi connectivity index (χ2n) is 3.33. The van der Waals surface area contributed by atoms with Crippen LogP contribution in [0.3, 0.4) is 0 Å². The number of terminal acetylenes is 1. The molecule has 2 saturated heterocycles. The lowest BCUT2D eigenvalue weighted by Crippen LogP contribution is -2.40. The minimum absolute atomic E-state index is 0.160. The number of nitrogens with one attached hydrogen (secondary N) is 1. The number of amides is 1. The van der Waals surface area contributed by atoms with Crippen LogP contribution >= 0.6 is 0 Å². The molecular formula is C9H11NO2. The Morgan fingerprint density at radius 3 is 2.92 bits per heavy atom. The predicted octanol–water partition coefficient (Wildman–Crippen LogP) is 0.0557. The molecule has 3 nitrogen and oxygen atoms in total. The van der Waals surface area contributed by atoms with Crippen molar-refractivity contribution in [3.05, 3.63) is 0 Å². The van der Waals surface area contributed by atoms with Gasteiger partial charge in [0.15, 0.2) is 0 Å². The Balaban J connectivity index is 1.91. The highest BCUT2D eigenvalue weighted by molar-refractivity contribution is 5.93. The first-order valence-electron chi connectivity index (χ1n) is 4.22. The summed E-state index contributed by atoms with van der Waals surface area (Å²) in [5.41, 5.74) is 0. The fourth-order valence-corrected chi connectivity index (χ4v) is 2.00. The number of hydrogen-bond acceptors (Lipinski definition) is 2. The summed E-state index contributed by atoms with van der Waals surface area (Å²) in [7, 11) is 0. The average molecular weight is 165 g/mol. The van der Waals surface area contributed by atoms with E-state index in [2.05, 4.69) is 5.32 Å². The zero-order chi connectivity index (χ0) is 8.55. The maximum Gasteiger partial charge on any atom is 0.295 e. The van der Waals surface area contributed by atoms with Crippen LogP contribution in [0.15, 0.2) is 0 Å². The van der Waals surface area contributed by atoms with Crippen LogP contribution < -0.4 is 5.32 Å². The molecule has 3 heteroatoms. The summed E-state index contributed by atoms with van der Waals surface area (Å²) in [5, 5.41) is 2.76. The molecule has 1 amide bonds. The van der Waals surface area contributed by atoms with Gasteiger partial charge in [-0.1, -0.05) is 0 Å². The molecule has 0 aliphatic carbocycles. The zero-order valence-corrected chi connectivity index (χ0v) is 6.75. The van der Waals surface area contributed by atoms with Gasteiger partial charge in [0.1, 0.15) is 0 Å². The Kier molecular flexibility index (Phi) is 1.78. The lowest BCUT2D eigenvalue weighted by atomic mass is 9.95.